The molecule has 1 heterocycles. The van der Waals surface area contributed by atoms with Gasteiger partial charge in [-0.05, 0) is 17.0 Å². The predicted molar refractivity (Wildman–Crippen MR) is 57.6 cm³/mol. The molecule has 1 aromatic rings. The highest BCUT2D eigenvalue weighted by Crippen LogP contribution is 2.34. The fourth-order valence-electron chi connectivity index (χ4n) is 1.70. The van der Waals surface area contributed by atoms with E-state index in [1.165, 1.54) is 5.56 Å². The van der Waals surface area contributed by atoms with Crippen LogP contribution in [0.3, 0.4) is 0 Å². The number of fused-ring (bicyclic) bond motifs is 1. The summed E-state index contributed by atoms with van der Waals surface area (Å²) < 4.78 is 5.52. The lowest BCUT2D eigenvalue weighted by Crippen LogP contribution is -2.12. The van der Waals surface area contributed by atoms with Crippen molar-refractivity contribution in [1.82, 2.24) is 0 Å². The van der Waals surface area contributed by atoms with Crippen LogP contribution in [0.2, 0.25) is 0 Å². The Balaban J connectivity index is 2.42. The van der Waals surface area contributed by atoms with E-state index in [-0.39, 0.29) is 11.5 Å². The second kappa shape index (κ2) is 2.99. The maximum atomic E-state index is 5.88. The molecule has 0 spiro atoms. The Morgan fingerprint density at radius 3 is 2.71 bits per heavy atom. The van der Waals surface area contributed by atoms with Crippen molar-refractivity contribution in [3.8, 4) is 5.75 Å². The van der Waals surface area contributed by atoms with Crippen molar-refractivity contribution in [3.05, 3.63) is 29.3 Å². The van der Waals surface area contributed by atoms with Crippen molar-refractivity contribution in [3.63, 3.8) is 0 Å². The first kappa shape index (κ1) is 9.53. The minimum Gasteiger partial charge on any atom is -0.491 e. The standard InChI is InChI=1S/C12H17NO/c1-12(2,3)8-4-5-9-10(13)7-14-11(9)6-8/h4-6,10H,7,13H2,1-3H3. The number of hydrogen-bond donors (Lipinski definition) is 1. The van der Waals surface area contributed by atoms with E-state index >= 15 is 0 Å². The molecule has 1 atom stereocenters. The molecule has 1 aliphatic heterocycles. The summed E-state index contributed by atoms with van der Waals surface area (Å²) in [5.74, 6) is 0.963. The summed E-state index contributed by atoms with van der Waals surface area (Å²) in [4.78, 5) is 0. The Bertz CT molecular complexity index is 352. The van der Waals surface area contributed by atoms with Gasteiger partial charge in [0.15, 0.2) is 0 Å². The number of ether oxygens (including phenoxy) is 1. The zero-order valence-corrected chi connectivity index (χ0v) is 9.00. The molecule has 0 aliphatic carbocycles. The number of nitrogens with two attached hydrogens (primary N) is 1. The summed E-state index contributed by atoms with van der Waals surface area (Å²) in [6, 6.07) is 6.40. The highest BCUT2D eigenvalue weighted by Gasteiger charge is 2.23. The van der Waals surface area contributed by atoms with Crippen LogP contribution in [0.5, 0.6) is 5.75 Å². The largest absolute Gasteiger partial charge is 0.491 e. The van der Waals surface area contributed by atoms with Crippen LogP contribution in [0, 0.1) is 0 Å². The number of benzene rings is 1. The Morgan fingerprint density at radius 1 is 1.36 bits per heavy atom. The summed E-state index contributed by atoms with van der Waals surface area (Å²) in [7, 11) is 0. The predicted octanol–water partition coefficient (Wildman–Crippen LogP) is 2.38. The van der Waals surface area contributed by atoms with Crippen LogP contribution < -0.4 is 10.5 Å². The third-order valence-corrected chi connectivity index (χ3v) is 2.70. The van der Waals surface area contributed by atoms with Gasteiger partial charge in [-0.3, -0.25) is 0 Å². The van der Waals surface area contributed by atoms with Crippen molar-refractivity contribution in [2.24, 2.45) is 5.73 Å². The third kappa shape index (κ3) is 1.50. The topological polar surface area (TPSA) is 35.2 Å². The average molecular weight is 191 g/mol. The van der Waals surface area contributed by atoms with E-state index < -0.39 is 0 Å². The van der Waals surface area contributed by atoms with E-state index in [9.17, 15) is 0 Å². The van der Waals surface area contributed by atoms with Crippen LogP contribution in [0.25, 0.3) is 0 Å². The van der Waals surface area contributed by atoms with Crippen molar-refractivity contribution >= 4 is 0 Å². The fourth-order valence-corrected chi connectivity index (χ4v) is 1.70. The molecule has 2 N–H and O–H groups in total. The first-order valence-electron chi connectivity index (χ1n) is 5.01. The summed E-state index contributed by atoms with van der Waals surface area (Å²) in [5, 5.41) is 0. The number of rotatable bonds is 0. The normalized spacial score (nSPS) is 20.4. The molecule has 2 rings (SSSR count). The molecule has 0 saturated carbocycles. The van der Waals surface area contributed by atoms with Crippen LogP contribution in [-0.2, 0) is 5.41 Å². The monoisotopic (exact) mass is 191 g/mol. The summed E-state index contributed by atoms with van der Waals surface area (Å²) in [5.41, 5.74) is 8.49. The third-order valence-electron chi connectivity index (χ3n) is 2.70. The lowest BCUT2D eigenvalue weighted by atomic mass is 9.86. The minimum atomic E-state index is 0.0546. The van der Waals surface area contributed by atoms with Crippen molar-refractivity contribution in [1.29, 1.82) is 0 Å². The van der Waals surface area contributed by atoms with Gasteiger partial charge in [0.1, 0.15) is 12.4 Å². The Kier molecular flexibility index (Phi) is 2.04. The van der Waals surface area contributed by atoms with Crippen molar-refractivity contribution in [2.45, 2.75) is 32.2 Å². The SMILES string of the molecule is CC(C)(C)c1ccc2c(c1)OCC2N. The van der Waals surface area contributed by atoms with E-state index in [1.807, 2.05) is 0 Å². The molecule has 2 heteroatoms. The molecule has 0 amide bonds. The smallest absolute Gasteiger partial charge is 0.124 e. The van der Waals surface area contributed by atoms with Crippen molar-refractivity contribution < 1.29 is 4.74 Å². The Hall–Kier alpha value is -1.02. The van der Waals surface area contributed by atoms with Crippen LogP contribution >= 0.6 is 0 Å². The van der Waals surface area contributed by atoms with E-state index in [0.29, 0.717) is 6.61 Å². The Morgan fingerprint density at radius 2 is 2.07 bits per heavy atom. The molecule has 2 nitrogen and oxygen atoms in total. The van der Waals surface area contributed by atoms with Crippen LogP contribution in [0.1, 0.15) is 37.9 Å². The van der Waals surface area contributed by atoms with Gasteiger partial charge >= 0.3 is 0 Å². The zero-order valence-electron chi connectivity index (χ0n) is 9.00. The van der Waals surface area contributed by atoms with Gasteiger partial charge in [0.05, 0.1) is 6.04 Å². The molecule has 0 radical (unpaired) electrons. The van der Waals surface area contributed by atoms with Gasteiger partial charge < -0.3 is 10.5 Å². The molecular formula is C12H17NO. The van der Waals surface area contributed by atoms with E-state index in [2.05, 4.69) is 39.0 Å². The van der Waals surface area contributed by atoms with Crippen LogP contribution in [-0.4, -0.2) is 6.61 Å². The lowest BCUT2D eigenvalue weighted by molar-refractivity contribution is 0.332. The molecular weight excluding hydrogens is 174 g/mol. The first-order chi connectivity index (χ1) is 6.48. The van der Waals surface area contributed by atoms with Crippen molar-refractivity contribution in [2.75, 3.05) is 6.61 Å². The van der Waals surface area contributed by atoms with E-state index in [0.717, 1.165) is 11.3 Å². The quantitative estimate of drug-likeness (QED) is 0.683. The maximum absolute atomic E-state index is 5.88. The second-order valence-corrected chi connectivity index (χ2v) is 4.92. The van der Waals surface area contributed by atoms with Gasteiger partial charge in [-0.2, -0.15) is 0 Å². The summed E-state index contributed by atoms with van der Waals surface area (Å²) in [6.07, 6.45) is 0. The molecule has 0 bridgehead atoms. The maximum Gasteiger partial charge on any atom is 0.124 e. The Labute approximate surface area is 85.1 Å². The van der Waals surface area contributed by atoms with E-state index in [4.69, 9.17) is 10.5 Å². The summed E-state index contributed by atoms with van der Waals surface area (Å²) >= 11 is 0. The van der Waals surface area contributed by atoms with E-state index in [1.54, 1.807) is 0 Å². The first-order valence-corrected chi connectivity index (χ1v) is 5.01. The van der Waals surface area contributed by atoms with Gasteiger partial charge in [0, 0.05) is 5.56 Å². The zero-order chi connectivity index (χ0) is 10.3. The molecule has 0 saturated heterocycles. The fraction of sp³-hybridized carbons (Fsp3) is 0.500. The van der Waals surface area contributed by atoms with Gasteiger partial charge in [-0.25, -0.2) is 0 Å². The highest BCUT2D eigenvalue weighted by atomic mass is 16.5. The average Bonchev–Trinajstić information content (AvgIpc) is 2.46. The van der Waals surface area contributed by atoms with Gasteiger partial charge in [-0.1, -0.05) is 32.9 Å². The van der Waals surface area contributed by atoms with Crippen LogP contribution in [0.4, 0.5) is 0 Å². The second-order valence-electron chi connectivity index (χ2n) is 4.92. The minimum absolute atomic E-state index is 0.0546. The molecule has 14 heavy (non-hydrogen) atoms. The molecule has 0 fully saturated rings. The highest BCUT2D eigenvalue weighted by molar-refractivity contribution is 5.44. The van der Waals surface area contributed by atoms with Gasteiger partial charge in [-0.15, -0.1) is 0 Å². The number of hydrogen-bond acceptors (Lipinski definition) is 2. The molecule has 76 valence electrons. The molecule has 1 aliphatic rings. The van der Waals surface area contributed by atoms with Gasteiger partial charge in [0.2, 0.25) is 0 Å². The molecule has 1 unspecified atom stereocenters. The molecule has 0 aromatic heterocycles. The summed E-state index contributed by atoms with van der Waals surface area (Å²) in [6.45, 7) is 7.21. The lowest BCUT2D eigenvalue weighted by Gasteiger charge is -2.19. The molecule has 1 aromatic carbocycles. The van der Waals surface area contributed by atoms with Crippen LogP contribution in [0.15, 0.2) is 18.2 Å². The van der Waals surface area contributed by atoms with Gasteiger partial charge in [0.25, 0.3) is 0 Å².